The monoisotopic (exact) mass is 279 g/mol. The molecule has 0 aliphatic heterocycles. The van der Waals surface area contributed by atoms with Gasteiger partial charge in [0.2, 0.25) is 0 Å². The van der Waals surface area contributed by atoms with Crippen molar-refractivity contribution < 1.29 is 13.6 Å². The lowest BCUT2D eigenvalue weighted by molar-refractivity contribution is 0.0946. The number of amides is 1. The molecule has 0 bridgehead atoms. The predicted molar refractivity (Wildman–Crippen MR) is 71.2 cm³/mol. The Kier molecular flexibility index (Phi) is 4.16. The van der Waals surface area contributed by atoms with E-state index in [1.54, 1.807) is 12.1 Å². The van der Waals surface area contributed by atoms with Gasteiger partial charge in [0, 0.05) is 11.4 Å². The molecule has 19 heavy (non-hydrogen) atoms. The second-order valence-corrected chi connectivity index (χ2v) is 4.49. The number of benzene rings is 2. The molecule has 5 heteroatoms. The standard InChI is InChI=1S/C14H11F2NOS/c15-10-3-1-9(2-4-10)8-17-14(18)12-7-11(19)5-6-13(12)16/h1-7,19H,8H2,(H,17,18). The van der Waals surface area contributed by atoms with Crippen molar-refractivity contribution in [2.45, 2.75) is 11.4 Å². The second-order valence-electron chi connectivity index (χ2n) is 3.97. The number of hydrogen-bond donors (Lipinski definition) is 2. The lowest BCUT2D eigenvalue weighted by atomic mass is 10.2. The molecule has 2 aromatic rings. The van der Waals surface area contributed by atoms with E-state index in [1.165, 1.54) is 30.3 Å². The minimum absolute atomic E-state index is 0.0605. The third-order valence-corrected chi connectivity index (χ3v) is 2.84. The van der Waals surface area contributed by atoms with Crippen LogP contribution in [-0.4, -0.2) is 5.91 Å². The maximum absolute atomic E-state index is 13.5. The summed E-state index contributed by atoms with van der Waals surface area (Å²) in [6.45, 7) is 0.204. The summed E-state index contributed by atoms with van der Waals surface area (Å²) in [5.74, 6) is -1.48. The van der Waals surface area contributed by atoms with E-state index in [-0.39, 0.29) is 17.9 Å². The van der Waals surface area contributed by atoms with E-state index in [4.69, 9.17) is 0 Å². The molecular formula is C14H11F2NOS. The van der Waals surface area contributed by atoms with Crippen LogP contribution < -0.4 is 5.32 Å². The van der Waals surface area contributed by atoms with Gasteiger partial charge in [-0.3, -0.25) is 4.79 Å². The van der Waals surface area contributed by atoms with Crippen molar-refractivity contribution in [1.29, 1.82) is 0 Å². The maximum Gasteiger partial charge on any atom is 0.254 e. The summed E-state index contributed by atoms with van der Waals surface area (Å²) in [7, 11) is 0. The highest BCUT2D eigenvalue weighted by Crippen LogP contribution is 2.13. The van der Waals surface area contributed by atoms with Crippen molar-refractivity contribution in [3.63, 3.8) is 0 Å². The van der Waals surface area contributed by atoms with Crippen LogP contribution in [0.25, 0.3) is 0 Å². The van der Waals surface area contributed by atoms with Crippen molar-refractivity contribution in [2.75, 3.05) is 0 Å². The molecule has 0 fully saturated rings. The molecule has 1 amide bonds. The van der Waals surface area contributed by atoms with Crippen LogP contribution in [0.2, 0.25) is 0 Å². The molecule has 0 unspecified atom stereocenters. The van der Waals surface area contributed by atoms with Crippen LogP contribution in [0.4, 0.5) is 8.78 Å². The Morgan fingerprint density at radius 2 is 1.79 bits per heavy atom. The Labute approximate surface area is 114 Å². The first-order chi connectivity index (χ1) is 9.06. The predicted octanol–water partition coefficient (Wildman–Crippen LogP) is 3.18. The molecule has 0 aliphatic carbocycles. The topological polar surface area (TPSA) is 29.1 Å². The minimum Gasteiger partial charge on any atom is -0.348 e. The molecule has 0 aromatic heterocycles. The molecule has 0 spiro atoms. The van der Waals surface area contributed by atoms with Crippen molar-refractivity contribution >= 4 is 18.5 Å². The first-order valence-electron chi connectivity index (χ1n) is 5.57. The lowest BCUT2D eigenvalue weighted by Crippen LogP contribution is -2.23. The van der Waals surface area contributed by atoms with Crippen LogP contribution in [0, 0.1) is 11.6 Å². The van der Waals surface area contributed by atoms with E-state index in [2.05, 4.69) is 17.9 Å². The fourth-order valence-electron chi connectivity index (χ4n) is 1.57. The largest absolute Gasteiger partial charge is 0.348 e. The molecule has 0 heterocycles. The molecule has 2 rings (SSSR count). The fourth-order valence-corrected chi connectivity index (χ4v) is 1.77. The van der Waals surface area contributed by atoms with Gasteiger partial charge in [-0.25, -0.2) is 8.78 Å². The Hall–Kier alpha value is -1.88. The van der Waals surface area contributed by atoms with Crippen LogP contribution in [0.1, 0.15) is 15.9 Å². The van der Waals surface area contributed by atoms with E-state index in [0.29, 0.717) is 4.90 Å². The third kappa shape index (κ3) is 3.54. The first-order valence-corrected chi connectivity index (χ1v) is 6.02. The zero-order chi connectivity index (χ0) is 13.8. The normalized spacial score (nSPS) is 10.3. The van der Waals surface area contributed by atoms with Gasteiger partial charge < -0.3 is 5.32 Å². The molecule has 0 atom stereocenters. The molecule has 0 saturated carbocycles. The Morgan fingerprint density at radius 3 is 2.47 bits per heavy atom. The Bertz CT molecular complexity index is 599. The average molecular weight is 279 g/mol. The fraction of sp³-hybridized carbons (Fsp3) is 0.0714. The van der Waals surface area contributed by atoms with Crippen molar-refractivity contribution in [3.05, 3.63) is 65.2 Å². The van der Waals surface area contributed by atoms with Gasteiger partial charge in [-0.05, 0) is 35.9 Å². The minimum atomic E-state index is -0.602. The smallest absolute Gasteiger partial charge is 0.254 e. The van der Waals surface area contributed by atoms with Gasteiger partial charge in [-0.2, -0.15) is 0 Å². The molecule has 1 N–H and O–H groups in total. The van der Waals surface area contributed by atoms with Crippen LogP contribution >= 0.6 is 12.6 Å². The van der Waals surface area contributed by atoms with Gasteiger partial charge in [-0.1, -0.05) is 12.1 Å². The van der Waals surface area contributed by atoms with Gasteiger partial charge in [0.1, 0.15) is 11.6 Å². The van der Waals surface area contributed by atoms with Gasteiger partial charge in [0.15, 0.2) is 0 Å². The number of thiol groups is 1. The zero-order valence-corrected chi connectivity index (χ0v) is 10.8. The summed E-state index contributed by atoms with van der Waals surface area (Å²) in [5.41, 5.74) is 0.673. The third-order valence-electron chi connectivity index (χ3n) is 2.56. The Morgan fingerprint density at radius 1 is 1.11 bits per heavy atom. The van der Waals surface area contributed by atoms with Gasteiger partial charge in [-0.15, -0.1) is 12.6 Å². The molecule has 0 radical (unpaired) electrons. The quantitative estimate of drug-likeness (QED) is 0.830. The molecule has 98 valence electrons. The van der Waals surface area contributed by atoms with Gasteiger partial charge >= 0.3 is 0 Å². The number of hydrogen-bond acceptors (Lipinski definition) is 2. The van der Waals surface area contributed by atoms with E-state index in [0.717, 1.165) is 5.56 Å². The highest BCUT2D eigenvalue weighted by Gasteiger charge is 2.11. The number of carbonyl (C=O) groups is 1. The summed E-state index contributed by atoms with van der Waals surface area (Å²) in [5, 5.41) is 2.57. The van der Waals surface area contributed by atoms with Crippen LogP contribution in [-0.2, 0) is 6.54 Å². The van der Waals surface area contributed by atoms with Crippen molar-refractivity contribution in [2.24, 2.45) is 0 Å². The number of rotatable bonds is 3. The molecule has 0 saturated heterocycles. The van der Waals surface area contributed by atoms with Gasteiger partial charge in [0.25, 0.3) is 5.91 Å². The summed E-state index contributed by atoms with van der Waals surface area (Å²) in [6.07, 6.45) is 0. The summed E-state index contributed by atoms with van der Waals surface area (Å²) in [4.78, 5) is 12.3. The van der Waals surface area contributed by atoms with Crippen LogP contribution in [0.5, 0.6) is 0 Å². The summed E-state index contributed by atoms with van der Waals surface area (Å²) in [6, 6.07) is 9.73. The number of carbonyl (C=O) groups excluding carboxylic acids is 1. The maximum atomic E-state index is 13.5. The molecule has 0 aliphatic rings. The van der Waals surface area contributed by atoms with Crippen LogP contribution in [0.3, 0.4) is 0 Å². The highest BCUT2D eigenvalue weighted by molar-refractivity contribution is 7.80. The van der Waals surface area contributed by atoms with Crippen LogP contribution in [0.15, 0.2) is 47.4 Å². The summed E-state index contributed by atoms with van der Waals surface area (Å²) >= 11 is 4.06. The van der Waals surface area contributed by atoms with Crippen molar-refractivity contribution in [3.8, 4) is 0 Å². The summed E-state index contributed by atoms with van der Waals surface area (Å²) < 4.78 is 26.2. The zero-order valence-electron chi connectivity index (χ0n) is 9.86. The van der Waals surface area contributed by atoms with E-state index >= 15 is 0 Å². The first kappa shape index (κ1) is 13.5. The highest BCUT2D eigenvalue weighted by atomic mass is 32.1. The Balaban J connectivity index is 2.05. The van der Waals surface area contributed by atoms with Gasteiger partial charge in [0.05, 0.1) is 5.56 Å². The van der Waals surface area contributed by atoms with Crippen molar-refractivity contribution in [1.82, 2.24) is 5.32 Å². The average Bonchev–Trinajstić information content (AvgIpc) is 2.40. The lowest BCUT2D eigenvalue weighted by Gasteiger charge is -2.07. The van der Waals surface area contributed by atoms with E-state index in [9.17, 15) is 13.6 Å². The molecular weight excluding hydrogens is 268 g/mol. The SMILES string of the molecule is O=C(NCc1ccc(F)cc1)c1cc(S)ccc1F. The second kappa shape index (κ2) is 5.84. The number of halogens is 2. The van der Waals surface area contributed by atoms with E-state index in [1.807, 2.05) is 0 Å². The number of nitrogens with one attached hydrogen (secondary N) is 1. The molecule has 2 nitrogen and oxygen atoms in total. The van der Waals surface area contributed by atoms with E-state index < -0.39 is 11.7 Å². The molecule has 2 aromatic carbocycles.